The van der Waals surface area contributed by atoms with Crippen molar-refractivity contribution in [2.24, 2.45) is 0 Å². The second-order valence-corrected chi connectivity index (χ2v) is 0.795. The van der Waals surface area contributed by atoms with E-state index in [1.807, 2.05) is 0 Å². The average Bonchev–Trinajstić information content (AvgIpc) is 1.38. The maximum Gasteiger partial charge on any atom is 0.318 e. The molecule has 2 nitrogen and oxygen atoms in total. The number of rotatable bonds is 1. The molecule has 0 aromatic heterocycles. The van der Waals surface area contributed by atoms with Gasteiger partial charge in [-0.25, -0.2) is 0 Å². The molecular weight excluding hydrogens is 180 g/mol. The fourth-order valence-electron chi connectivity index (χ4n) is 0. The van der Waals surface area contributed by atoms with Crippen molar-refractivity contribution < 1.29 is 42.6 Å². The Bertz CT molecular complexity index is 46.8. The molecule has 0 saturated carbocycles. The third-order valence-electron chi connectivity index (χ3n) is 0.114. The van der Waals surface area contributed by atoms with Crippen LogP contribution in [0.2, 0.25) is 0 Å². The molecule has 1 radical (unpaired) electrons. The number of hydrogen-bond donors (Lipinski definition) is 1. The number of carboxylic acid groups (broad SMARTS) is 1. The number of carboxylic acids is 1. The standard InChI is InChI=1S/C2H3ClO2.Y/c3-1-2(4)5;/h1H2,(H,4,5);. The van der Waals surface area contributed by atoms with Gasteiger partial charge in [-0.15, -0.1) is 11.6 Å². The number of alkyl halides is 1. The fourth-order valence-corrected chi connectivity index (χ4v) is 0. The summed E-state index contributed by atoms with van der Waals surface area (Å²) in [5.41, 5.74) is 0. The molecule has 1 N–H and O–H groups in total. The van der Waals surface area contributed by atoms with Gasteiger partial charge in [0.25, 0.3) is 0 Å². The van der Waals surface area contributed by atoms with Gasteiger partial charge in [-0.2, -0.15) is 0 Å². The predicted octanol–water partition coefficient (Wildman–Crippen LogP) is 0.307. The van der Waals surface area contributed by atoms with Gasteiger partial charge in [-0.3, -0.25) is 4.79 Å². The maximum atomic E-state index is 9.24. The van der Waals surface area contributed by atoms with Gasteiger partial charge in [0.15, 0.2) is 0 Å². The van der Waals surface area contributed by atoms with Crippen LogP contribution < -0.4 is 0 Å². The van der Waals surface area contributed by atoms with E-state index in [0.29, 0.717) is 0 Å². The van der Waals surface area contributed by atoms with E-state index in [1.54, 1.807) is 0 Å². The van der Waals surface area contributed by atoms with Crippen LogP contribution in [0, 0.1) is 0 Å². The van der Waals surface area contributed by atoms with Crippen LogP contribution in [0.4, 0.5) is 0 Å². The molecule has 0 fully saturated rings. The first-order valence-electron chi connectivity index (χ1n) is 1.05. The van der Waals surface area contributed by atoms with Gasteiger partial charge in [0.05, 0.1) is 0 Å². The maximum absolute atomic E-state index is 9.24. The molecular formula is C2H3ClO2Y. The van der Waals surface area contributed by atoms with Crippen molar-refractivity contribution in [1.29, 1.82) is 0 Å². The molecule has 4 heteroatoms. The zero-order valence-electron chi connectivity index (χ0n) is 3.02. The SMILES string of the molecule is O=C(O)CCl.[Y]. The summed E-state index contributed by atoms with van der Waals surface area (Å²) < 4.78 is 0. The Labute approximate surface area is 65.7 Å². The van der Waals surface area contributed by atoms with E-state index >= 15 is 0 Å². The van der Waals surface area contributed by atoms with Gasteiger partial charge in [0, 0.05) is 32.7 Å². The molecule has 0 spiro atoms. The minimum atomic E-state index is -0.980. The van der Waals surface area contributed by atoms with E-state index in [1.165, 1.54) is 0 Å². The molecule has 0 rings (SSSR count). The normalized spacial score (nSPS) is 6.17. The zero-order chi connectivity index (χ0) is 4.28. The van der Waals surface area contributed by atoms with E-state index in [2.05, 4.69) is 0 Å². The summed E-state index contributed by atoms with van der Waals surface area (Å²) in [5, 5.41) is 7.59. The van der Waals surface area contributed by atoms with Gasteiger partial charge < -0.3 is 5.11 Å². The molecule has 0 aromatic rings. The monoisotopic (exact) mass is 183 g/mol. The van der Waals surface area contributed by atoms with Gasteiger partial charge in [0.1, 0.15) is 5.88 Å². The van der Waals surface area contributed by atoms with Crippen LogP contribution in [0.25, 0.3) is 0 Å². The first kappa shape index (κ1) is 9.98. The molecule has 0 aliphatic carbocycles. The Morgan fingerprint density at radius 1 is 1.83 bits per heavy atom. The van der Waals surface area contributed by atoms with Crippen molar-refractivity contribution in [1.82, 2.24) is 0 Å². The largest absolute Gasteiger partial charge is 0.480 e. The molecule has 0 aromatic carbocycles. The van der Waals surface area contributed by atoms with Crippen LogP contribution in [0.1, 0.15) is 0 Å². The van der Waals surface area contributed by atoms with Crippen LogP contribution in [-0.2, 0) is 37.5 Å². The Kier molecular flexibility index (Phi) is 9.75. The van der Waals surface area contributed by atoms with E-state index in [4.69, 9.17) is 16.7 Å². The minimum Gasteiger partial charge on any atom is -0.480 e. The van der Waals surface area contributed by atoms with Crippen LogP contribution in [0.5, 0.6) is 0 Å². The number of halogens is 1. The Balaban J connectivity index is 0. The van der Waals surface area contributed by atoms with Crippen molar-refractivity contribution in [2.45, 2.75) is 0 Å². The summed E-state index contributed by atoms with van der Waals surface area (Å²) in [6, 6.07) is 0. The molecule has 0 amide bonds. The Morgan fingerprint density at radius 3 is 2.00 bits per heavy atom. The third kappa shape index (κ3) is 8.85. The molecule has 6 heavy (non-hydrogen) atoms. The van der Waals surface area contributed by atoms with Crippen molar-refractivity contribution in [2.75, 3.05) is 5.88 Å². The van der Waals surface area contributed by atoms with Crippen molar-refractivity contribution in [3.63, 3.8) is 0 Å². The van der Waals surface area contributed by atoms with E-state index in [9.17, 15) is 4.79 Å². The average molecular weight is 183 g/mol. The number of aliphatic carboxylic acids is 1. The smallest absolute Gasteiger partial charge is 0.318 e. The van der Waals surface area contributed by atoms with E-state index in [0.717, 1.165) is 0 Å². The molecule has 0 atom stereocenters. The minimum absolute atomic E-state index is 0. The Hall–Kier alpha value is 0.864. The van der Waals surface area contributed by atoms with Gasteiger partial charge in [-0.05, 0) is 0 Å². The molecule has 0 aliphatic rings. The zero-order valence-corrected chi connectivity index (χ0v) is 6.61. The summed E-state index contributed by atoms with van der Waals surface area (Å²) in [4.78, 5) is 9.24. The Morgan fingerprint density at radius 2 is 2.00 bits per heavy atom. The molecule has 0 heterocycles. The number of hydrogen-bond acceptors (Lipinski definition) is 1. The van der Waals surface area contributed by atoms with Crippen molar-refractivity contribution in [3.8, 4) is 0 Å². The summed E-state index contributed by atoms with van der Waals surface area (Å²) >= 11 is 4.74. The summed E-state index contributed by atoms with van der Waals surface area (Å²) in [5.74, 6) is -1.29. The van der Waals surface area contributed by atoms with Gasteiger partial charge in [0.2, 0.25) is 0 Å². The molecule has 0 unspecified atom stereocenters. The summed E-state index contributed by atoms with van der Waals surface area (Å²) in [7, 11) is 0. The van der Waals surface area contributed by atoms with E-state index < -0.39 is 5.97 Å². The van der Waals surface area contributed by atoms with Crippen molar-refractivity contribution in [3.05, 3.63) is 0 Å². The topological polar surface area (TPSA) is 37.3 Å². The molecule has 0 bridgehead atoms. The first-order chi connectivity index (χ1) is 2.27. The summed E-state index contributed by atoms with van der Waals surface area (Å²) in [6.45, 7) is 0. The quantitative estimate of drug-likeness (QED) is 0.594. The van der Waals surface area contributed by atoms with Gasteiger partial charge in [-0.1, -0.05) is 0 Å². The van der Waals surface area contributed by atoms with Crippen LogP contribution in [-0.4, -0.2) is 17.0 Å². The molecule has 0 saturated heterocycles. The van der Waals surface area contributed by atoms with Crippen molar-refractivity contribution >= 4 is 17.6 Å². The summed E-state index contributed by atoms with van der Waals surface area (Å²) in [6.07, 6.45) is 0. The molecule has 33 valence electrons. The fraction of sp³-hybridized carbons (Fsp3) is 0.500. The van der Waals surface area contributed by atoms with E-state index in [-0.39, 0.29) is 38.6 Å². The van der Waals surface area contributed by atoms with Gasteiger partial charge >= 0.3 is 5.97 Å². The first-order valence-corrected chi connectivity index (χ1v) is 1.58. The van der Waals surface area contributed by atoms with Crippen LogP contribution >= 0.6 is 11.6 Å². The second-order valence-electron chi connectivity index (χ2n) is 0.527. The number of carbonyl (C=O) groups is 1. The predicted molar refractivity (Wildman–Crippen MR) is 18.4 cm³/mol. The third-order valence-corrected chi connectivity index (χ3v) is 0.343. The van der Waals surface area contributed by atoms with Crippen LogP contribution in [0.3, 0.4) is 0 Å². The second kappa shape index (κ2) is 5.86. The van der Waals surface area contributed by atoms with Crippen LogP contribution in [0.15, 0.2) is 0 Å². The molecule has 0 aliphatic heterocycles.